The number of hydrogen-bond acceptors (Lipinski definition) is 10. The quantitative estimate of drug-likeness (QED) is 0.297. The number of para-hydroxylation sites is 2. The number of aromatic nitrogens is 1. The Morgan fingerprint density at radius 1 is 1.04 bits per heavy atom. The molecule has 5 rings (SSSR count). The molecule has 1 aromatic heterocycles. The Balaban J connectivity index is 0.00000461. The van der Waals surface area contributed by atoms with Gasteiger partial charge in [-0.2, -0.15) is 0 Å². The van der Waals surface area contributed by atoms with E-state index in [1.807, 2.05) is 30.3 Å². The lowest BCUT2D eigenvalue weighted by Gasteiger charge is -2.26. The predicted molar refractivity (Wildman–Crippen MR) is 165 cm³/mol. The zero-order valence-corrected chi connectivity index (χ0v) is 24.8. The monoisotopic (exact) mass is 637 g/mol. The van der Waals surface area contributed by atoms with Gasteiger partial charge in [0.25, 0.3) is 17.7 Å². The van der Waals surface area contributed by atoms with Gasteiger partial charge < -0.3 is 30.1 Å². The van der Waals surface area contributed by atoms with Gasteiger partial charge in [-0.05, 0) is 31.5 Å². The molecule has 3 atom stereocenters. The van der Waals surface area contributed by atoms with Crippen LogP contribution >= 0.6 is 11.3 Å². The summed E-state index contributed by atoms with van der Waals surface area (Å²) in [5.74, 6) is -3.06. The smallest absolute Gasteiger partial charge is 0.310 e. The first-order valence-electron chi connectivity index (χ1n) is 13.9. The summed E-state index contributed by atoms with van der Waals surface area (Å²) in [6.07, 6.45) is -1.16. The lowest BCUT2D eigenvalue weighted by molar-refractivity contribution is -0.168. The molecule has 14 heteroatoms. The van der Waals surface area contributed by atoms with Crippen molar-refractivity contribution in [3.63, 3.8) is 0 Å². The zero-order valence-electron chi connectivity index (χ0n) is 24.0. The Kier molecular flexibility index (Phi) is 10.6. The van der Waals surface area contributed by atoms with Crippen molar-refractivity contribution in [3.05, 3.63) is 75.7 Å². The fourth-order valence-electron chi connectivity index (χ4n) is 5.10. The van der Waals surface area contributed by atoms with Crippen LogP contribution in [0.2, 0.25) is 0 Å². The summed E-state index contributed by atoms with van der Waals surface area (Å²) in [4.78, 5) is 72.5. The van der Waals surface area contributed by atoms with Gasteiger partial charge >= 0.3 is 5.97 Å². The minimum Gasteiger partial charge on any atom is -0.433 e. The van der Waals surface area contributed by atoms with Gasteiger partial charge in [-0.1, -0.05) is 49.9 Å². The SMILES string of the molecule is C.Cc1nc(C)c(C(=O)N[C@H]2CN(C(=O)CO)c3ccccc3N(CC(=O)N[C@H]3CC(=O)OC3OCc3ccccc3)C2=O)s1. The highest BCUT2D eigenvalue weighted by atomic mass is 32.1. The maximum absolute atomic E-state index is 14.0. The third kappa shape index (κ3) is 7.53. The van der Waals surface area contributed by atoms with Crippen LogP contribution < -0.4 is 20.4 Å². The number of nitrogens with one attached hydrogen (secondary N) is 2. The molecule has 3 heterocycles. The van der Waals surface area contributed by atoms with Gasteiger partial charge in [-0.3, -0.25) is 28.9 Å². The molecule has 3 N–H and O–H groups in total. The summed E-state index contributed by atoms with van der Waals surface area (Å²) in [5.41, 5.74) is 1.85. The summed E-state index contributed by atoms with van der Waals surface area (Å²) >= 11 is 1.16. The van der Waals surface area contributed by atoms with E-state index >= 15 is 0 Å². The minimum atomic E-state index is -1.27. The molecule has 4 amide bonds. The van der Waals surface area contributed by atoms with E-state index in [0.29, 0.717) is 15.6 Å². The number of rotatable bonds is 9. The number of benzene rings is 2. The van der Waals surface area contributed by atoms with E-state index in [-0.39, 0.29) is 38.4 Å². The number of esters is 1. The van der Waals surface area contributed by atoms with Crippen molar-refractivity contribution in [3.8, 4) is 0 Å². The van der Waals surface area contributed by atoms with Crippen molar-refractivity contribution < 1.29 is 38.6 Å². The number of aliphatic hydroxyl groups is 1. The largest absolute Gasteiger partial charge is 0.433 e. The normalized spacial score (nSPS) is 19.2. The van der Waals surface area contributed by atoms with Crippen molar-refractivity contribution in [2.75, 3.05) is 29.5 Å². The third-order valence-corrected chi connectivity index (χ3v) is 8.18. The maximum atomic E-state index is 14.0. The van der Waals surface area contributed by atoms with E-state index in [1.54, 1.807) is 38.1 Å². The van der Waals surface area contributed by atoms with Gasteiger partial charge in [0.05, 0.1) is 41.6 Å². The molecule has 238 valence electrons. The molecule has 0 spiro atoms. The molecule has 0 bridgehead atoms. The van der Waals surface area contributed by atoms with E-state index in [1.165, 1.54) is 9.80 Å². The van der Waals surface area contributed by atoms with Crippen molar-refractivity contribution in [2.24, 2.45) is 0 Å². The van der Waals surface area contributed by atoms with E-state index in [2.05, 4.69) is 15.6 Å². The standard InChI is InChI=1S/C30H31N5O8S.CH4/c1-17-27(44-18(2)31-17)28(40)33-21-13-34(25(38)15-36)22-10-6-7-11-23(22)35(29(21)41)14-24(37)32-20-12-26(39)43-30(20)42-16-19-8-4-3-5-9-19;/h3-11,20-21,30,36H,12-16H2,1-2H3,(H,32,37)(H,33,40);1H4/t20-,21-,30?;/m0./s1. The number of anilines is 2. The van der Waals surface area contributed by atoms with Gasteiger partial charge in [-0.25, -0.2) is 4.98 Å². The second-order valence-corrected chi connectivity index (χ2v) is 11.5. The number of ether oxygens (including phenoxy) is 2. The van der Waals surface area contributed by atoms with Crippen LogP contribution in [0.15, 0.2) is 54.6 Å². The van der Waals surface area contributed by atoms with Crippen molar-refractivity contribution in [1.82, 2.24) is 15.6 Å². The van der Waals surface area contributed by atoms with Gasteiger partial charge in [0, 0.05) is 0 Å². The first kappa shape index (κ1) is 33.2. The number of carbonyl (C=O) groups is 5. The molecule has 2 aliphatic rings. The number of aliphatic hydroxyl groups excluding tert-OH is 1. The third-order valence-electron chi connectivity index (χ3n) is 7.11. The average Bonchev–Trinajstić information content (AvgIpc) is 3.52. The Morgan fingerprint density at radius 3 is 2.40 bits per heavy atom. The van der Waals surface area contributed by atoms with Crippen molar-refractivity contribution in [2.45, 2.75) is 52.7 Å². The number of aryl methyl sites for hydroxylation is 2. The highest BCUT2D eigenvalue weighted by Crippen LogP contribution is 2.33. The first-order valence-corrected chi connectivity index (χ1v) is 14.7. The number of amides is 4. The predicted octanol–water partition coefficient (Wildman–Crippen LogP) is 1.84. The lowest BCUT2D eigenvalue weighted by atomic mass is 10.2. The average molecular weight is 638 g/mol. The summed E-state index contributed by atoms with van der Waals surface area (Å²) in [7, 11) is 0. The van der Waals surface area contributed by atoms with Crippen LogP contribution in [0.25, 0.3) is 0 Å². The summed E-state index contributed by atoms with van der Waals surface area (Å²) in [5, 5.41) is 15.8. The van der Waals surface area contributed by atoms with Crippen LogP contribution in [-0.4, -0.2) is 77.8 Å². The number of cyclic esters (lactones) is 1. The van der Waals surface area contributed by atoms with Gasteiger partial charge in [0.2, 0.25) is 12.2 Å². The summed E-state index contributed by atoms with van der Waals surface area (Å²) in [6.45, 7) is 1.96. The van der Waals surface area contributed by atoms with Crippen LogP contribution in [0.5, 0.6) is 0 Å². The Labute approximate surface area is 264 Å². The Hall–Kier alpha value is -4.66. The molecular formula is C31H35N5O8S. The number of carbonyl (C=O) groups excluding carboxylic acids is 5. The molecule has 13 nitrogen and oxygen atoms in total. The second kappa shape index (κ2) is 14.4. The molecular weight excluding hydrogens is 602 g/mol. The highest BCUT2D eigenvalue weighted by molar-refractivity contribution is 7.13. The molecule has 0 aliphatic carbocycles. The van der Waals surface area contributed by atoms with E-state index in [9.17, 15) is 29.1 Å². The van der Waals surface area contributed by atoms with E-state index < -0.39 is 61.1 Å². The maximum Gasteiger partial charge on any atom is 0.310 e. The molecule has 0 radical (unpaired) electrons. The second-order valence-electron chi connectivity index (χ2n) is 10.3. The summed E-state index contributed by atoms with van der Waals surface area (Å²) in [6, 6.07) is 13.6. The number of thiazole rings is 1. The molecule has 3 aromatic rings. The minimum absolute atomic E-state index is 0. The first-order chi connectivity index (χ1) is 21.1. The van der Waals surface area contributed by atoms with Crippen LogP contribution in [0.1, 0.15) is 39.8 Å². The Bertz CT molecular complexity index is 1580. The van der Waals surface area contributed by atoms with Crippen molar-refractivity contribution >= 4 is 52.3 Å². The molecule has 1 fully saturated rings. The molecule has 45 heavy (non-hydrogen) atoms. The van der Waals surface area contributed by atoms with E-state index in [0.717, 1.165) is 16.9 Å². The highest BCUT2D eigenvalue weighted by Gasteiger charge is 2.40. The fourth-order valence-corrected chi connectivity index (χ4v) is 5.92. The molecule has 0 saturated carbocycles. The van der Waals surface area contributed by atoms with E-state index in [4.69, 9.17) is 9.47 Å². The van der Waals surface area contributed by atoms with Crippen LogP contribution in [-0.2, 0) is 35.3 Å². The molecule has 1 unspecified atom stereocenters. The van der Waals surface area contributed by atoms with Gasteiger partial charge in [0.15, 0.2) is 0 Å². The van der Waals surface area contributed by atoms with Crippen LogP contribution in [0.4, 0.5) is 11.4 Å². The zero-order chi connectivity index (χ0) is 31.4. The Morgan fingerprint density at radius 2 is 1.73 bits per heavy atom. The molecule has 2 aromatic carbocycles. The molecule has 1 saturated heterocycles. The fraction of sp³-hybridized carbons (Fsp3) is 0.355. The van der Waals surface area contributed by atoms with Gasteiger partial charge in [-0.15, -0.1) is 11.3 Å². The topological polar surface area (TPSA) is 167 Å². The van der Waals surface area contributed by atoms with Crippen LogP contribution in [0.3, 0.4) is 0 Å². The summed E-state index contributed by atoms with van der Waals surface area (Å²) < 4.78 is 11.0. The van der Waals surface area contributed by atoms with Gasteiger partial charge in [0.1, 0.15) is 30.1 Å². The number of hydrogen-bond donors (Lipinski definition) is 3. The number of nitrogens with zero attached hydrogens (tertiary/aromatic N) is 3. The van der Waals surface area contributed by atoms with Crippen molar-refractivity contribution in [1.29, 1.82) is 0 Å². The van der Waals surface area contributed by atoms with Crippen LogP contribution in [0, 0.1) is 13.8 Å². The number of fused-ring (bicyclic) bond motifs is 1. The molecule has 2 aliphatic heterocycles. The lowest BCUT2D eigenvalue weighted by Crippen LogP contribution is -2.55.